The second-order valence-electron chi connectivity index (χ2n) is 5.87. The topological polar surface area (TPSA) is 47.6 Å². The fourth-order valence-electron chi connectivity index (χ4n) is 2.85. The lowest BCUT2D eigenvalue weighted by molar-refractivity contribution is 0.0526. The van der Waals surface area contributed by atoms with Crippen molar-refractivity contribution < 1.29 is 14.3 Å². The number of nitrogens with one attached hydrogen (secondary N) is 1. The Labute approximate surface area is 133 Å². The second-order valence-corrected chi connectivity index (χ2v) is 5.87. The zero-order chi connectivity index (χ0) is 15.9. The molecule has 1 aliphatic rings. The first-order valence-electron chi connectivity index (χ1n) is 8.35. The average molecular weight is 305 g/mol. The van der Waals surface area contributed by atoms with Crippen LogP contribution < -0.4 is 10.1 Å². The Bertz CT molecular complexity index is 501. The van der Waals surface area contributed by atoms with Crippen LogP contribution in [0, 0.1) is 0 Å². The van der Waals surface area contributed by atoms with Crippen molar-refractivity contribution in [3.63, 3.8) is 0 Å². The Balaban J connectivity index is 2.08. The van der Waals surface area contributed by atoms with Crippen molar-refractivity contribution in [3.8, 4) is 5.75 Å². The molecule has 0 saturated carbocycles. The molecule has 0 aromatic heterocycles. The fraction of sp³-hybridized carbons (Fsp3) is 0.611. The normalized spacial score (nSPS) is 20.7. The summed E-state index contributed by atoms with van der Waals surface area (Å²) in [6, 6.07) is 6.17. The molecule has 0 fully saturated rings. The van der Waals surface area contributed by atoms with Crippen molar-refractivity contribution in [1.29, 1.82) is 0 Å². The third-order valence-corrected chi connectivity index (χ3v) is 4.07. The summed E-state index contributed by atoms with van der Waals surface area (Å²) in [5.41, 5.74) is 1.66. The molecule has 1 aromatic rings. The molecule has 4 heteroatoms. The summed E-state index contributed by atoms with van der Waals surface area (Å²) in [7, 11) is 0. The molecule has 2 atom stereocenters. The smallest absolute Gasteiger partial charge is 0.338 e. The summed E-state index contributed by atoms with van der Waals surface area (Å²) >= 11 is 0. The molecular formula is C18H27NO3. The number of fused-ring (bicyclic) bond motifs is 1. The van der Waals surface area contributed by atoms with Crippen LogP contribution in [0.1, 0.15) is 68.4 Å². The Kier molecular flexibility index (Phi) is 6.25. The lowest BCUT2D eigenvalue weighted by atomic mass is 10.0. The number of carbonyl (C=O) groups excluding carboxylic acids is 1. The van der Waals surface area contributed by atoms with Crippen LogP contribution in [0.3, 0.4) is 0 Å². The zero-order valence-electron chi connectivity index (χ0n) is 13.9. The minimum atomic E-state index is -0.293. The molecule has 0 saturated heterocycles. The van der Waals surface area contributed by atoms with Crippen LogP contribution in [0.4, 0.5) is 0 Å². The van der Waals surface area contributed by atoms with E-state index in [0.717, 1.165) is 17.7 Å². The predicted octanol–water partition coefficient (Wildman–Crippen LogP) is 3.86. The van der Waals surface area contributed by atoms with Gasteiger partial charge in [-0.2, -0.15) is 0 Å². The molecule has 1 unspecified atom stereocenters. The van der Waals surface area contributed by atoms with E-state index in [-0.39, 0.29) is 12.0 Å². The summed E-state index contributed by atoms with van der Waals surface area (Å²) in [6.45, 7) is 7.20. The summed E-state index contributed by atoms with van der Waals surface area (Å²) in [5.74, 6) is 0.502. The van der Waals surface area contributed by atoms with Gasteiger partial charge >= 0.3 is 5.97 Å². The monoisotopic (exact) mass is 305 g/mol. The highest BCUT2D eigenvalue weighted by atomic mass is 16.5. The number of rotatable bonds is 6. The summed E-state index contributed by atoms with van der Waals surface area (Å²) in [6.07, 6.45) is 4.82. The zero-order valence-corrected chi connectivity index (χ0v) is 13.9. The molecule has 2 rings (SSSR count). The molecule has 1 aliphatic heterocycles. The maximum absolute atomic E-state index is 11.8. The average Bonchev–Trinajstić information content (AvgIpc) is 2.67. The molecule has 0 aliphatic carbocycles. The van der Waals surface area contributed by atoms with E-state index in [1.54, 1.807) is 6.07 Å². The SMILES string of the molecule is CCCCCC1COc2cc(C(=O)OCC)ccc2[C@@H](C)N1. The van der Waals surface area contributed by atoms with Gasteiger partial charge in [-0.15, -0.1) is 0 Å². The largest absolute Gasteiger partial charge is 0.492 e. The third kappa shape index (κ3) is 4.23. The Hall–Kier alpha value is -1.55. The standard InChI is InChI=1S/C18H27NO3/c1-4-6-7-8-15-12-22-17-11-14(18(20)21-5-2)9-10-16(17)13(3)19-15/h9-11,13,15,19H,4-8,12H2,1-3H3/t13-,15?/m1/s1. The van der Waals surface area contributed by atoms with Crippen molar-refractivity contribution in [2.45, 2.75) is 58.5 Å². The second kappa shape index (κ2) is 8.18. The van der Waals surface area contributed by atoms with E-state index in [9.17, 15) is 4.79 Å². The summed E-state index contributed by atoms with van der Waals surface area (Å²) in [4.78, 5) is 11.8. The van der Waals surface area contributed by atoms with Gasteiger partial charge in [0.25, 0.3) is 0 Å². The fourth-order valence-corrected chi connectivity index (χ4v) is 2.85. The predicted molar refractivity (Wildman–Crippen MR) is 87.4 cm³/mol. The number of hydrogen-bond acceptors (Lipinski definition) is 4. The van der Waals surface area contributed by atoms with Crippen LogP contribution in [0.15, 0.2) is 18.2 Å². The molecule has 1 aromatic carbocycles. The highest BCUT2D eigenvalue weighted by Gasteiger charge is 2.23. The summed E-state index contributed by atoms with van der Waals surface area (Å²) in [5, 5.41) is 3.63. The lowest BCUT2D eigenvalue weighted by Gasteiger charge is -2.18. The number of benzene rings is 1. The minimum absolute atomic E-state index is 0.223. The minimum Gasteiger partial charge on any atom is -0.492 e. The molecular weight excluding hydrogens is 278 g/mol. The maximum Gasteiger partial charge on any atom is 0.338 e. The molecule has 0 bridgehead atoms. The molecule has 4 nitrogen and oxygen atoms in total. The van der Waals surface area contributed by atoms with Gasteiger partial charge in [-0.25, -0.2) is 4.79 Å². The van der Waals surface area contributed by atoms with Gasteiger partial charge in [0.05, 0.1) is 12.2 Å². The van der Waals surface area contributed by atoms with E-state index in [1.165, 1.54) is 19.3 Å². The van der Waals surface area contributed by atoms with Gasteiger partial charge in [0.1, 0.15) is 12.4 Å². The highest BCUT2D eigenvalue weighted by molar-refractivity contribution is 5.90. The van der Waals surface area contributed by atoms with E-state index in [2.05, 4.69) is 19.2 Å². The molecule has 0 spiro atoms. The number of hydrogen-bond donors (Lipinski definition) is 1. The van der Waals surface area contributed by atoms with Crippen LogP contribution in [0.25, 0.3) is 0 Å². The van der Waals surface area contributed by atoms with Crippen molar-refractivity contribution in [2.24, 2.45) is 0 Å². The molecule has 0 radical (unpaired) electrons. The van der Waals surface area contributed by atoms with E-state index < -0.39 is 0 Å². The highest BCUT2D eigenvalue weighted by Crippen LogP contribution is 2.30. The van der Waals surface area contributed by atoms with Crippen LogP contribution in [0.2, 0.25) is 0 Å². The third-order valence-electron chi connectivity index (χ3n) is 4.07. The molecule has 0 amide bonds. The van der Waals surface area contributed by atoms with Crippen molar-refractivity contribution in [3.05, 3.63) is 29.3 Å². The Morgan fingerprint density at radius 2 is 2.18 bits per heavy atom. The number of ether oxygens (including phenoxy) is 2. The van der Waals surface area contributed by atoms with Crippen LogP contribution in [0.5, 0.6) is 5.75 Å². The van der Waals surface area contributed by atoms with E-state index in [4.69, 9.17) is 9.47 Å². The molecule has 1 N–H and O–H groups in total. The molecule has 122 valence electrons. The van der Waals surface area contributed by atoms with Gasteiger partial charge in [-0.1, -0.05) is 32.3 Å². The first-order chi connectivity index (χ1) is 10.7. The van der Waals surface area contributed by atoms with Crippen molar-refractivity contribution in [2.75, 3.05) is 13.2 Å². The Morgan fingerprint density at radius 1 is 1.36 bits per heavy atom. The first kappa shape index (κ1) is 16.8. The molecule has 22 heavy (non-hydrogen) atoms. The van der Waals surface area contributed by atoms with E-state index in [0.29, 0.717) is 24.8 Å². The maximum atomic E-state index is 11.8. The van der Waals surface area contributed by atoms with E-state index >= 15 is 0 Å². The number of esters is 1. The van der Waals surface area contributed by atoms with Crippen LogP contribution in [-0.2, 0) is 4.74 Å². The van der Waals surface area contributed by atoms with Gasteiger partial charge < -0.3 is 14.8 Å². The van der Waals surface area contributed by atoms with E-state index in [1.807, 2.05) is 19.1 Å². The van der Waals surface area contributed by atoms with Gasteiger partial charge in [0.15, 0.2) is 0 Å². The van der Waals surface area contributed by atoms with Crippen molar-refractivity contribution in [1.82, 2.24) is 5.32 Å². The lowest BCUT2D eigenvalue weighted by Crippen LogP contribution is -2.34. The van der Waals surface area contributed by atoms with Crippen LogP contribution in [-0.4, -0.2) is 25.2 Å². The van der Waals surface area contributed by atoms with Gasteiger partial charge in [-0.3, -0.25) is 0 Å². The van der Waals surface area contributed by atoms with Gasteiger partial charge in [-0.05, 0) is 32.4 Å². The van der Waals surface area contributed by atoms with Gasteiger partial charge in [0.2, 0.25) is 0 Å². The first-order valence-corrected chi connectivity index (χ1v) is 8.35. The van der Waals surface area contributed by atoms with Gasteiger partial charge in [0, 0.05) is 17.6 Å². The van der Waals surface area contributed by atoms with Crippen LogP contribution >= 0.6 is 0 Å². The molecule has 1 heterocycles. The quantitative estimate of drug-likeness (QED) is 0.640. The van der Waals surface area contributed by atoms with Crippen molar-refractivity contribution >= 4 is 5.97 Å². The number of carbonyl (C=O) groups is 1. The number of unbranched alkanes of at least 4 members (excludes halogenated alkanes) is 2. The Morgan fingerprint density at radius 3 is 2.91 bits per heavy atom. The summed E-state index contributed by atoms with van der Waals surface area (Å²) < 4.78 is 11.0.